The lowest BCUT2D eigenvalue weighted by molar-refractivity contribution is 0.0600. The molecule has 0 saturated carbocycles. The monoisotopic (exact) mass is 366 g/mol. The van der Waals surface area contributed by atoms with Crippen molar-refractivity contribution in [3.63, 3.8) is 0 Å². The Balaban J connectivity index is 1.69. The molecule has 3 rings (SSSR count). The molecule has 0 aliphatic heterocycles. The van der Waals surface area contributed by atoms with Gasteiger partial charge in [-0.05, 0) is 54.6 Å². The maximum atomic E-state index is 13.0. The van der Waals surface area contributed by atoms with Gasteiger partial charge in [0, 0.05) is 17.6 Å². The zero-order valence-corrected chi connectivity index (χ0v) is 14.3. The third kappa shape index (κ3) is 4.63. The minimum atomic E-state index is -0.458. The van der Waals surface area contributed by atoms with Crippen LogP contribution in [0.3, 0.4) is 0 Å². The summed E-state index contributed by atoms with van der Waals surface area (Å²) in [5, 5.41) is 5.58. The lowest BCUT2D eigenvalue weighted by Crippen LogP contribution is -2.15. The molecule has 0 bridgehead atoms. The molecule has 1 heterocycles. The molecule has 0 fully saturated rings. The minimum absolute atomic E-state index is 0.145. The maximum Gasteiger partial charge on any atom is 0.337 e. The van der Waals surface area contributed by atoms with E-state index >= 15 is 0 Å². The van der Waals surface area contributed by atoms with Gasteiger partial charge in [-0.1, -0.05) is 0 Å². The van der Waals surface area contributed by atoms with E-state index in [1.807, 2.05) is 0 Å². The Morgan fingerprint density at radius 1 is 0.963 bits per heavy atom. The van der Waals surface area contributed by atoms with Crippen molar-refractivity contribution in [1.29, 1.82) is 0 Å². The molecule has 8 heteroatoms. The third-order valence-electron chi connectivity index (χ3n) is 3.55. The molecule has 2 aromatic carbocycles. The summed E-state index contributed by atoms with van der Waals surface area (Å²) in [6.45, 7) is 0. The summed E-state index contributed by atoms with van der Waals surface area (Å²) < 4.78 is 17.6. The number of ether oxygens (including phenoxy) is 1. The Kier molecular flexibility index (Phi) is 5.36. The van der Waals surface area contributed by atoms with Crippen LogP contribution in [0.2, 0.25) is 0 Å². The molecule has 2 N–H and O–H groups in total. The van der Waals surface area contributed by atoms with Gasteiger partial charge in [0.1, 0.15) is 11.5 Å². The lowest BCUT2D eigenvalue weighted by Gasteiger charge is -2.08. The number of methoxy groups -OCH3 is 1. The molecule has 27 heavy (non-hydrogen) atoms. The molecule has 0 spiro atoms. The Morgan fingerprint density at radius 2 is 1.63 bits per heavy atom. The van der Waals surface area contributed by atoms with Gasteiger partial charge in [-0.25, -0.2) is 19.2 Å². The highest BCUT2D eigenvalue weighted by Gasteiger charge is 2.11. The van der Waals surface area contributed by atoms with Gasteiger partial charge in [0.15, 0.2) is 0 Å². The van der Waals surface area contributed by atoms with E-state index in [0.717, 1.165) is 0 Å². The Hall–Kier alpha value is -3.81. The summed E-state index contributed by atoms with van der Waals surface area (Å²) in [6.07, 6.45) is 1.44. The van der Waals surface area contributed by atoms with Crippen LogP contribution < -0.4 is 10.6 Å². The molecule has 0 aliphatic rings. The minimum Gasteiger partial charge on any atom is -0.465 e. The van der Waals surface area contributed by atoms with E-state index in [-0.39, 0.29) is 17.5 Å². The number of carbonyl (C=O) groups is 2. The number of benzene rings is 2. The van der Waals surface area contributed by atoms with Crippen LogP contribution in [0.15, 0.2) is 60.8 Å². The first-order chi connectivity index (χ1) is 13.0. The zero-order valence-electron chi connectivity index (χ0n) is 14.3. The van der Waals surface area contributed by atoms with Gasteiger partial charge < -0.3 is 15.4 Å². The fraction of sp³-hybridized carbons (Fsp3) is 0.0526. The number of anilines is 3. The molecule has 3 aromatic rings. The predicted molar refractivity (Wildman–Crippen MR) is 97.4 cm³/mol. The van der Waals surface area contributed by atoms with E-state index < -0.39 is 11.9 Å². The van der Waals surface area contributed by atoms with Crippen molar-refractivity contribution >= 4 is 29.2 Å². The molecule has 0 radical (unpaired) electrons. The van der Waals surface area contributed by atoms with Crippen LogP contribution in [0.4, 0.5) is 21.7 Å². The Morgan fingerprint density at radius 3 is 2.30 bits per heavy atom. The van der Waals surface area contributed by atoms with Crippen LogP contribution in [0, 0.1) is 5.82 Å². The van der Waals surface area contributed by atoms with Gasteiger partial charge in [0.2, 0.25) is 5.95 Å². The average Bonchev–Trinajstić information content (AvgIpc) is 2.70. The first-order valence-electron chi connectivity index (χ1n) is 7.90. The number of esters is 1. The molecular formula is C19H15FN4O3. The number of aromatic nitrogens is 2. The number of carbonyl (C=O) groups excluding carboxylic acids is 2. The highest BCUT2D eigenvalue weighted by Crippen LogP contribution is 2.15. The highest BCUT2D eigenvalue weighted by atomic mass is 19.1. The lowest BCUT2D eigenvalue weighted by atomic mass is 10.2. The van der Waals surface area contributed by atoms with Crippen molar-refractivity contribution in [2.45, 2.75) is 0 Å². The summed E-state index contributed by atoms with van der Waals surface area (Å²) in [7, 11) is 1.30. The maximum absolute atomic E-state index is 13.0. The Bertz CT molecular complexity index is 959. The van der Waals surface area contributed by atoms with E-state index in [0.29, 0.717) is 16.9 Å². The topological polar surface area (TPSA) is 93.2 Å². The van der Waals surface area contributed by atoms with E-state index in [1.54, 1.807) is 24.3 Å². The standard InChI is InChI=1S/C19H15FN4O3/c1-27-18(26)12-2-6-14(7-3-12)22-17(25)16-10-11-21-19(24-16)23-15-8-4-13(20)5-9-15/h2-11H,1H3,(H,22,25)(H,21,23,24). The van der Waals surface area contributed by atoms with E-state index in [9.17, 15) is 14.0 Å². The highest BCUT2D eigenvalue weighted by molar-refractivity contribution is 6.03. The first kappa shape index (κ1) is 18.0. The first-order valence-corrected chi connectivity index (χ1v) is 7.90. The number of hydrogen-bond donors (Lipinski definition) is 2. The second-order valence-electron chi connectivity index (χ2n) is 5.42. The largest absolute Gasteiger partial charge is 0.465 e. The molecular weight excluding hydrogens is 351 g/mol. The summed E-state index contributed by atoms with van der Waals surface area (Å²) in [5.74, 6) is -1.05. The molecule has 0 aliphatic carbocycles. The summed E-state index contributed by atoms with van der Waals surface area (Å²) in [5.41, 5.74) is 1.61. The fourth-order valence-corrected chi connectivity index (χ4v) is 2.21. The van der Waals surface area contributed by atoms with E-state index in [1.165, 1.54) is 43.6 Å². The number of amides is 1. The van der Waals surface area contributed by atoms with Crippen molar-refractivity contribution in [2.24, 2.45) is 0 Å². The fourth-order valence-electron chi connectivity index (χ4n) is 2.21. The van der Waals surface area contributed by atoms with Gasteiger partial charge in [-0.15, -0.1) is 0 Å². The van der Waals surface area contributed by atoms with E-state index in [4.69, 9.17) is 0 Å². The van der Waals surface area contributed by atoms with Gasteiger partial charge in [0.05, 0.1) is 12.7 Å². The van der Waals surface area contributed by atoms with Crippen LogP contribution in [0.5, 0.6) is 0 Å². The van der Waals surface area contributed by atoms with Crippen LogP contribution in [0.1, 0.15) is 20.8 Å². The predicted octanol–water partition coefficient (Wildman–Crippen LogP) is 3.40. The molecule has 0 unspecified atom stereocenters. The summed E-state index contributed by atoms with van der Waals surface area (Å²) in [6, 6.07) is 13.4. The number of rotatable bonds is 5. The van der Waals surface area contributed by atoms with Crippen molar-refractivity contribution < 1.29 is 18.7 Å². The number of halogens is 1. The van der Waals surface area contributed by atoms with Gasteiger partial charge >= 0.3 is 5.97 Å². The quantitative estimate of drug-likeness (QED) is 0.672. The van der Waals surface area contributed by atoms with Crippen molar-refractivity contribution in [1.82, 2.24) is 9.97 Å². The van der Waals surface area contributed by atoms with Gasteiger partial charge in [-0.3, -0.25) is 4.79 Å². The molecule has 0 saturated heterocycles. The molecule has 7 nitrogen and oxygen atoms in total. The second kappa shape index (κ2) is 8.05. The zero-order chi connectivity index (χ0) is 19.2. The number of nitrogens with zero attached hydrogens (tertiary/aromatic N) is 2. The normalized spacial score (nSPS) is 10.1. The summed E-state index contributed by atoms with van der Waals surface area (Å²) in [4.78, 5) is 32.0. The molecule has 136 valence electrons. The third-order valence-corrected chi connectivity index (χ3v) is 3.55. The average molecular weight is 366 g/mol. The van der Waals surface area contributed by atoms with Gasteiger partial charge in [0.25, 0.3) is 5.91 Å². The van der Waals surface area contributed by atoms with Crippen molar-refractivity contribution in [2.75, 3.05) is 17.7 Å². The van der Waals surface area contributed by atoms with Gasteiger partial charge in [-0.2, -0.15) is 0 Å². The van der Waals surface area contributed by atoms with Crippen LogP contribution in [-0.2, 0) is 4.74 Å². The number of nitrogens with one attached hydrogen (secondary N) is 2. The molecule has 1 aromatic heterocycles. The smallest absolute Gasteiger partial charge is 0.337 e. The number of hydrogen-bond acceptors (Lipinski definition) is 6. The van der Waals surface area contributed by atoms with Crippen LogP contribution in [-0.4, -0.2) is 29.0 Å². The molecule has 0 atom stereocenters. The van der Waals surface area contributed by atoms with Crippen molar-refractivity contribution in [3.8, 4) is 0 Å². The summed E-state index contributed by atoms with van der Waals surface area (Å²) >= 11 is 0. The SMILES string of the molecule is COC(=O)c1ccc(NC(=O)c2ccnc(Nc3ccc(F)cc3)n2)cc1. The Labute approximate surface area is 154 Å². The van der Waals surface area contributed by atoms with Crippen molar-refractivity contribution in [3.05, 3.63) is 77.9 Å². The van der Waals surface area contributed by atoms with E-state index in [2.05, 4.69) is 25.3 Å². The second-order valence-corrected chi connectivity index (χ2v) is 5.42. The van der Waals surface area contributed by atoms with Crippen LogP contribution >= 0.6 is 0 Å². The van der Waals surface area contributed by atoms with Crippen LogP contribution in [0.25, 0.3) is 0 Å². The molecule has 1 amide bonds.